The van der Waals surface area contributed by atoms with Crippen molar-refractivity contribution in [3.63, 3.8) is 0 Å². The number of benzene rings is 1. The number of rotatable bonds is 5. The molecule has 0 aromatic heterocycles. The highest BCUT2D eigenvalue weighted by molar-refractivity contribution is 5.92. The molecule has 3 N–H and O–H groups in total. The molecule has 0 fully saturated rings. The normalized spacial score (nSPS) is 9.76. The van der Waals surface area contributed by atoms with Crippen LogP contribution in [0.2, 0.25) is 0 Å². The van der Waals surface area contributed by atoms with E-state index in [2.05, 4.69) is 16.0 Å². The molecule has 0 saturated carbocycles. The van der Waals surface area contributed by atoms with Crippen LogP contribution in [-0.2, 0) is 9.59 Å². The van der Waals surface area contributed by atoms with Crippen molar-refractivity contribution in [2.24, 2.45) is 0 Å². The summed E-state index contributed by atoms with van der Waals surface area (Å²) in [5.41, 5.74) is 0.512. The number of carbonyl (C=O) groups excluding carboxylic acids is 2. The van der Waals surface area contributed by atoms with Gasteiger partial charge in [0.2, 0.25) is 11.8 Å². The summed E-state index contributed by atoms with van der Waals surface area (Å²) in [6.07, 6.45) is 0. The van der Waals surface area contributed by atoms with Gasteiger partial charge in [-0.15, -0.1) is 0 Å². The molecule has 5 nitrogen and oxygen atoms in total. The molecule has 0 aliphatic heterocycles. The van der Waals surface area contributed by atoms with Crippen molar-refractivity contribution in [3.8, 4) is 0 Å². The van der Waals surface area contributed by atoms with Crippen LogP contribution >= 0.6 is 0 Å². The molecule has 0 bridgehead atoms. The van der Waals surface area contributed by atoms with E-state index in [4.69, 9.17) is 0 Å². The van der Waals surface area contributed by atoms with Gasteiger partial charge in [-0.2, -0.15) is 0 Å². The summed E-state index contributed by atoms with van der Waals surface area (Å²) < 4.78 is 12.6. The molecule has 0 aliphatic rings. The zero-order valence-corrected chi connectivity index (χ0v) is 9.42. The first kappa shape index (κ1) is 13.1. The Kier molecular flexibility index (Phi) is 5.09. The number of hydrogen-bond donors (Lipinski definition) is 3. The minimum Gasteiger partial charge on any atom is -0.358 e. The molecule has 0 saturated heterocycles. The van der Waals surface area contributed by atoms with Gasteiger partial charge >= 0.3 is 0 Å². The second-order valence-corrected chi connectivity index (χ2v) is 3.33. The van der Waals surface area contributed by atoms with E-state index in [1.807, 2.05) is 0 Å². The highest BCUT2D eigenvalue weighted by Crippen LogP contribution is 2.07. The van der Waals surface area contributed by atoms with Gasteiger partial charge in [0.1, 0.15) is 5.82 Å². The van der Waals surface area contributed by atoms with Gasteiger partial charge in [0.25, 0.3) is 0 Å². The van der Waals surface area contributed by atoms with E-state index >= 15 is 0 Å². The minimum atomic E-state index is -0.360. The largest absolute Gasteiger partial charge is 0.358 e. The molecule has 1 rings (SSSR count). The molecular weight excluding hydrogens is 225 g/mol. The number of halogens is 1. The number of anilines is 1. The molecule has 0 spiro atoms. The summed E-state index contributed by atoms with van der Waals surface area (Å²) in [6, 6.07) is 5.44. The third kappa shape index (κ3) is 5.07. The van der Waals surface area contributed by atoms with Crippen molar-refractivity contribution >= 4 is 17.5 Å². The van der Waals surface area contributed by atoms with Crippen LogP contribution in [0.1, 0.15) is 0 Å². The lowest BCUT2D eigenvalue weighted by Gasteiger charge is -2.06. The lowest BCUT2D eigenvalue weighted by atomic mass is 10.3. The van der Waals surface area contributed by atoms with E-state index in [-0.39, 0.29) is 30.7 Å². The number of amides is 2. The monoisotopic (exact) mass is 239 g/mol. The maximum Gasteiger partial charge on any atom is 0.238 e. The Balaban J connectivity index is 2.30. The SMILES string of the molecule is CNC(=O)CNCC(=O)Nc1ccc(F)cc1. The van der Waals surface area contributed by atoms with Crippen molar-refractivity contribution in [1.82, 2.24) is 10.6 Å². The Bertz CT molecular complexity index is 392. The van der Waals surface area contributed by atoms with E-state index in [1.165, 1.54) is 31.3 Å². The van der Waals surface area contributed by atoms with Crippen LogP contribution < -0.4 is 16.0 Å². The van der Waals surface area contributed by atoms with Crippen LogP contribution in [-0.4, -0.2) is 32.0 Å². The Hall–Kier alpha value is -1.95. The van der Waals surface area contributed by atoms with Gasteiger partial charge in [-0.3, -0.25) is 14.9 Å². The van der Waals surface area contributed by atoms with Crippen molar-refractivity contribution < 1.29 is 14.0 Å². The molecule has 2 amide bonds. The first-order valence-corrected chi connectivity index (χ1v) is 5.08. The summed E-state index contributed by atoms with van der Waals surface area (Å²) in [4.78, 5) is 22.2. The Morgan fingerprint density at radius 2 is 1.71 bits per heavy atom. The smallest absolute Gasteiger partial charge is 0.238 e. The molecule has 0 radical (unpaired) electrons. The van der Waals surface area contributed by atoms with Gasteiger partial charge in [0.05, 0.1) is 13.1 Å². The average Bonchev–Trinajstić information content (AvgIpc) is 2.32. The van der Waals surface area contributed by atoms with Gasteiger partial charge in [-0.25, -0.2) is 4.39 Å². The van der Waals surface area contributed by atoms with Crippen molar-refractivity contribution in [3.05, 3.63) is 30.1 Å². The lowest BCUT2D eigenvalue weighted by Crippen LogP contribution is -2.36. The van der Waals surface area contributed by atoms with Crippen molar-refractivity contribution in [2.45, 2.75) is 0 Å². The van der Waals surface area contributed by atoms with E-state index in [0.29, 0.717) is 5.69 Å². The van der Waals surface area contributed by atoms with Crippen molar-refractivity contribution in [1.29, 1.82) is 0 Å². The van der Waals surface area contributed by atoms with Crippen LogP contribution in [0.25, 0.3) is 0 Å². The van der Waals surface area contributed by atoms with Gasteiger partial charge in [-0.05, 0) is 24.3 Å². The molecule has 92 valence electrons. The van der Waals surface area contributed by atoms with E-state index in [1.54, 1.807) is 0 Å². The Morgan fingerprint density at radius 1 is 1.12 bits per heavy atom. The zero-order chi connectivity index (χ0) is 12.7. The minimum absolute atomic E-state index is 0.0186. The molecule has 0 heterocycles. The topological polar surface area (TPSA) is 70.2 Å². The molecule has 0 atom stereocenters. The van der Waals surface area contributed by atoms with Gasteiger partial charge in [0.15, 0.2) is 0 Å². The van der Waals surface area contributed by atoms with E-state index in [9.17, 15) is 14.0 Å². The summed E-state index contributed by atoms with van der Waals surface area (Å²) in [5, 5.41) is 7.65. The standard InChI is InChI=1S/C11H14FN3O2/c1-13-10(16)6-14-7-11(17)15-9-4-2-8(12)3-5-9/h2-5,14H,6-7H2,1H3,(H,13,16)(H,15,17). The van der Waals surface area contributed by atoms with Gasteiger partial charge in [0, 0.05) is 12.7 Å². The number of likely N-dealkylation sites (N-methyl/N-ethyl adjacent to an activating group) is 1. The van der Waals surface area contributed by atoms with E-state index < -0.39 is 0 Å². The van der Waals surface area contributed by atoms with E-state index in [0.717, 1.165) is 0 Å². The number of carbonyl (C=O) groups is 2. The van der Waals surface area contributed by atoms with Crippen LogP contribution in [0.5, 0.6) is 0 Å². The molecule has 1 aromatic rings. The second-order valence-electron chi connectivity index (χ2n) is 3.33. The highest BCUT2D eigenvalue weighted by Gasteiger charge is 2.03. The van der Waals surface area contributed by atoms with Crippen LogP contribution in [0.4, 0.5) is 10.1 Å². The third-order valence-electron chi connectivity index (χ3n) is 1.98. The fourth-order valence-corrected chi connectivity index (χ4v) is 1.12. The Labute approximate surface area is 98.4 Å². The number of nitrogens with one attached hydrogen (secondary N) is 3. The van der Waals surface area contributed by atoms with Crippen LogP contribution in [0, 0.1) is 5.82 Å². The maximum absolute atomic E-state index is 12.6. The predicted molar refractivity (Wildman–Crippen MR) is 62.0 cm³/mol. The predicted octanol–water partition coefficient (Wildman–Crippen LogP) is 0.0998. The maximum atomic E-state index is 12.6. The van der Waals surface area contributed by atoms with Gasteiger partial charge in [-0.1, -0.05) is 0 Å². The summed E-state index contributed by atoms with van der Waals surface area (Å²) >= 11 is 0. The summed E-state index contributed by atoms with van der Waals surface area (Å²) in [6.45, 7) is 0.0954. The average molecular weight is 239 g/mol. The molecule has 1 aromatic carbocycles. The molecule has 0 aliphatic carbocycles. The van der Waals surface area contributed by atoms with Crippen LogP contribution in [0.15, 0.2) is 24.3 Å². The molecule has 17 heavy (non-hydrogen) atoms. The lowest BCUT2D eigenvalue weighted by molar-refractivity contribution is -0.119. The first-order valence-electron chi connectivity index (χ1n) is 5.08. The molecule has 6 heteroatoms. The zero-order valence-electron chi connectivity index (χ0n) is 9.42. The third-order valence-corrected chi connectivity index (χ3v) is 1.98. The van der Waals surface area contributed by atoms with Crippen LogP contribution in [0.3, 0.4) is 0 Å². The van der Waals surface area contributed by atoms with Crippen molar-refractivity contribution in [2.75, 3.05) is 25.5 Å². The quantitative estimate of drug-likeness (QED) is 0.682. The first-order chi connectivity index (χ1) is 8.11. The fraction of sp³-hybridized carbons (Fsp3) is 0.273. The summed E-state index contributed by atoms with van der Waals surface area (Å²) in [7, 11) is 1.52. The molecular formula is C11H14FN3O2. The second kappa shape index (κ2) is 6.59. The highest BCUT2D eigenvalue weighted by atomic mass is 19.1. The Morgan fingerprint density at radius 3 is 2.29 bits per heavy atom. The molecule has 0 unspecified atom stereocenters. The van der Waals surface area contributed by atoms with Gasteiger partial charge < -0.3 is 10.6 Å². The summed E-state index contributed by atoms with van der Waals surface area (Å²) in [5.74, 6) is -0.846. The number of hydrogen-bond acceptors (Lipinski definition) is 3. The fourth-order valence-electron chi connectivity index (χ4n) is 1.12.